The van der Waals surface area contributed by atoms with E-state index in [2.05, 4.69) is 0 Å². The van der Waals surface area contributed by atoms with Gasteiger partial charge in [0.05, 0.1) is 4.90 Å². The van der Waals surface area contributed by atoms with Gasteiger partial charge in [-0.3, -0.25) is 0 Å². The highest BCUT2D eigenvalue weighted by molar-refractivity contribution is 7.95. The maximum atomic E-state index is 12.6. The predicted octanol–water partition coefficient (Wildman–Crippen LogP) is 4.60. The van der Waals surface area contributed by atoms with Crippen LogP contribution in [0.15, 0.2) is 46.2 Å². The summed E-state index contributed by atoms with van der Waals surface area (Å²) in [6.45, 7) is 5.77. The molecule has 2 aromatic carbocycles. The van der Waals surface area contributed by atoms with Crippen molar-refractivity contribution in [3.63, 3.8) is 0 Å². The van der Waals surface area contributed by atoms with Crippen LogP contribution < -0.4 is 0 Å². The number of benzene rings is 2. The van der Waals surface area contributed by atoms with Crippen molar-refractivity contribution in [3.05, 3.63) is 68.6 Å². The highest BCUT2D eigenvalue weighted by Crippen LogP contribution is 2.25. The molecule has 3 nitrogen and oxygen atoms in total. The molecule has 0 aliphatic rings. The normalized spacial score (nSPS) is 12.0. The van der Waals surface area contributed by atoms with Crippen LogP contribution >= 0.6 is 11.6 Å². The van der Waals surface area contributed by atoms with Crippen molar-refractivity contribution in [2.45, 2.75) is 25.7 Å². The third-order valence-corrected chi connectivity index (χ3v) is 5.47. The predicted molar refractivity (Wildman–Crippen MR) is 92.9 cm³/mol. The first-order chi connectivity index (χ1) is 10.8. The summed E-state index contributed by atoms with van der Waals surface area (Å²) in [5, 5.41) is 9.79. The van der Waals surface area contributed by atoms with Gasteiger partial charge in [0.2, 0.25) is 9.84 Å². The Morgan fingerprint density at radius 2 is 1.61 bits per heavy atom. The van der Waals surface area contributed by atoms with Gasteiger partial charge in [-0.05, 0) is 67.8 Å². The van der Waals surface area contributed by atoms with Crippen molar-refractivity contribution in [1.29, 1.82) is 5.26 Å². The van der Waals surface area contributed by atoms with E-state index in [4.69, 9.17) is 11.6 Å². The van der Waals surface area contributed by atoms with Crippen LogP contribution in [0.5, 0.6) is 0 Å². The van der Waals surface area contributed by atoms with E-state index < -0.39 is 9.84 Å². The average molecular weight is 346 g/mol. The van der Waals surface area contributed by atoms with Gasteiger partial charge in [0.15, 0.2) is 0 Å². The van der Waals surface area contributed by atoms with Crippen molar-refractivity contribution in [2.75, 3.05) is 0 Å². The molecule has 0 radical (unpaired) electrons. The van der Waals surface area contributed by atoms with E-state index in [0.717, 1.165) is 22.3 Å². The summed E-state index contributed by atoms with van der Waals surface area (Å²) >= 11 is 5.79. The molecule has 5 heteroatoms. The summed E-state index contributed by atoms with van der Waals surface area (Å²) in [5.41, 5.74) is 3.71. The maximum absolute atomic E-state index is 12.6. The minimum atomic E-state index is -3.87. The smallest absolute Gasteiger partial charge is 0.216 e. The van der Waals surface area contributed by atoms with Crippen molar-refractivity contribution < 1.29 is 8.42 Å². The van der Waals surface area contributed by atoms with E-state index in [1.165, 1.54) is 30.3 Å². The Balaban J connectivity index is 2.60. The fraction of sp³-hybridized carbons (Fsp3) is 0.167. The topological polar surface area (TPSA) is 57.9 Å². The molecule has 0 aliphatic carbocycles. The Labute approximate surface area is 141 Å². The Bertz CT molecular complexity index is 897. The highest BCUT2D eigenvalue weighted by atomic mass is 35.5. The second-order valence-electron chi connectivity index (χ2n) is 5.39. The fourth-order valence-corrected chi connectivity index (χ4v) is 3.73. The third-order valence-electron chi connectivity index (χ3n) is 3.54. The average Bonchev–Trinajstić information content (AvgIpc) is 2.46. The van der Waals surface area contributed by atoms with E-state index in [1.54, 1.807) is 0 Å². The zero-order valence-corrected chi connectivity index (χ0v) is 14.7. The van der Waals surface area contributed by atoms with Crippen molar-refractivity contribution >= 4 is 27.5 Å². The van der Waals surface area contributed by atoms with E-state index in [-0.39, 0.29) is 9.80 Å². The van der Waals surface area contributed by atoms with Gasteiger partial charge in [-0.25, -0.2) is 8.42 Å². The number of sulfone groups is 1. The van der Waals surface area contributed by atoms with E-state index >= 15 is 0 Å². The summed E-state index contributed by atoms with van der Waals surface area (Å²) in [7, 11) is -3.87. The highest BCUT2D eigenvalue weighted by Gasteiger charge is 2.21. The van der Waals surface area contributed by atoms with Gasteiger partial charge < -0.3 is 0 Å². The van der Waals surface area contributed by atoms with Crippen LogP contribution in [0.2, 0.25) is 5.02 Å². The molecule has 2 rings (SSSR count). The molecule has 0 aromatic heterocycles. The minimum Gasteiger partial charge on any atom is -0.218 e. The summed E-state index contributed by atoms with van der Waals surface area (Å²) in [6, 6.07) is 11.5. The van der Waals surface area contributed by atoms with Crippen LogP contribution in [0.3, 0.4) is 0 Å². The van der Waals surface area contributed by atoms with Gasteiger partial charge in [0.1, 0.15) is 11.0 Å². The number of nitrogens with zero attached hydrogens (tertiary/aromatic N) is 1. The monoisotopic (exact) mass is 345 g/mol. The number of aryl methyl sites for hydroxylation is 3. The van der Waals surface area contributed by atoms with Crippen LogP contribution in [-0.2, 0) is 9.84 Å². The Kier molecular flexibility index (Phi) is 4.93. The number of hydrogen-bond acceptors (Lipinski definition) is 3. The lowest BCUT2D eigenvalue weighted by Crippen LogP contribution is -2.04. The number of nitriles is 1. The molecule has 118 valence electrons. The molecule has 0 amide bonds. The fourth-order valence-electron chi connectivity index (χ4n) is 2.46. The Hall–Kier alpha value is -2.09. The molecular formula is C18H16ClNO2S. The van der Waals surface area contributed by atoms with Crippen LogP contribution in [0.1, 0.15) is 22.3 Å². The Morgan fingerprint density at radius 3 is 2.09 bits per heavy atom. The van der Waals surface area contributed by atoms with Crippen molar-refractivity contribution in [2.24, 2.45) is 0 Å². The molecule has 0 heterocycles. The standard InChI is InChI=1S/C18H16ClNO2S/c1-12-8-13(2)18(14(3)9-12)10-17(11-20)23(21,22)16-6-4-15(19)5-7-16/h4-10H,1-3H3/b17-10-. The van der Waals surface area contributed by atoms with E-state index in [9.17, 15) is 13.7 Å². The zero-order chi connectivity index (χ0) is 17.2. The first-order valence-corrected chi connectivity index (χ1v) is 8.82. The quantitative estimate of drug-likeness (QED) is 0.763. The molecule has 0 saturated carbocycles. The number of rotatable bonds is 3. The third kappa shape index (κ3) is 3.64. The summed E-state index contributed by atoms with van der Waals surface area (Å²) in [6.07, 6.45) is 1.44. The van der Waals surface area contributed by atoms with Crippen LogP contribution in [0.25, 0.3) is 6.08 Å². The van der Waals surface area contributed by atoms with Crippen LogP contribution in [0, 0.1) is 32.1 Å². The second-order valence-corrected chi connectivity index (χ2v) is 7.74. The van der Waals surface area contributed by atoms with Gasteiger partial charge in [-0.2, -0.15) is 5.26 Å². The minimum absolute atomic E-state index is 0.0529. The lowest BCUT2D eigenvalue weighted by Gasteiger charge is -2.09. The van der Waals surface area contributed by atoms with Gasteiger partial charge in [0.25, 0.3) is 0 Å². The zero-order valence-electron chi connectivity index (χ0n) is 13.1. The van der Waals surface area contributed by atoms with Gasteiger partial charge in [-0.15, -0.1) is 0 Å². The molecule has 0 atom stereocenters. The Morgan fingerprint density at radius 1 is 1.09 bits per heavy atom. The van der Waals surface area contributed by atoms with Crippen LogP contribution in [-0.4, -0.2) is 8.42 Å². The lowest BCUT2D eigenvalue weighted by atomic mass is 9.99. The molecule has 0 fully saturated rings. The number of allylic oxidation sites excluding steroid dienone is 1. The summed E-state index contributed by atoms with van der Waals surface area (Å²) in [4.78, 5) is -0.230. The molecule has 0 spiro atoms. The van der Waals surface area contributed by atoms with E-state index in [1.807, 2.05) is 39.0 Å². The lowest BCUT2D eigenvalue weighted by molar-refractivity contribution is 0.603. The van der Waals surface area contributed by atoms with Gasteiger partial charge >= 0.3 is 0 Å². The molecule has 0 bridgehead atoms. The molecule has 0 saturated heterocycles. The summed E-state index contributed by atoms with van der Waals surface area (Å²) < 4.78 is 25.3. The molecule has 2 aromatic rings. The van der Waals surface area contributed by atoms with Crippen molar-refractivity contribution in [1.82, 2.24) is 0 Å². The van der Waals surface area contributed by atoms with Crippen LogP contribution in [0.4, 0.5) is 0 Å². The number of hydrogen-bond donors (Lipinski definition) is 0. The van der Waals surface area contributed by atoms with Gasteiger partial charge in [-0.1, -0.05) is 29.3 Å². The largest absolute Gasteiger partial charge is 0.218 e. The molecule has 23 heavy (non-hydrogen) atoms. The SMILES string of the molecule is Cc1cc(C)c(/C=C(/C#N)S(=O)(=O)c2ccc(Cl)cc2)c(C)c1. The first kappa shape index (κ1) is 17.3. The number of halogens is 1. The van der Waals surface area contributed by atoms with Crippen molar-refractivity contribution in [3.8, 4) is 6.07 Å². The molecular weight excluding hydrogens is 330 g/mol. The molecule has 0 unspecified atom stereocenters. The van der Waals surface area contributed by atoms with E-state index in [0.29, 0.717) is 5.02 Å². The molecule has 0 aliphatic heterocycles. The maximum Gasteiger partial charge on any atom is 0.216 e. The molecule has 0 N–H and O–H groups in total. The second kappa shape index (κ2) is 6.57. The first-order valence-electron chi connectivity index (χ1n) is 6.96. The van der Waals surface area contributed by atoms with Gasteiger partial charge in [0, 0.05) is 5.02 Å². The summed E-state index contributed by atoms with van der Waals surface area (Å²) in [5.74, 6) is 0.